The van der Waals surface area contributed by atoms with Crippen molar-refractivity contribution < 1.29 is 56.0 Å². The second-order valence-corrected chi connectivity index (χ2v) is 14.8. The number of hydrogen-bond acceptors (Lipinski definition) is 11. The maximum absolute atomic E-state index is 15.0. The lowest BCUT2D eigenvalue weighted by Crippen LogP contribution is -2.67. The summed E-state index contributed by atoms with van der Waals surface area (Å²) in [6, 6.07) is 3.04. The average molecular weight is 779 g/mol. The van der Waals surface area contributed by atoms with E-state index in [0.717, 1.165) is 18.5 Å². The molecular formula is C35H39F5N8O7. The second kappa shape index (κ2) is 15.2. The van der Waals surface area contributed by atoms with Crippen molar-refractivity contribution in [3.05, 3.63) is 60.1 Å². The van der Waals surface area contributed by atoms with Crippen LogP contribution in [-0.2, 0) is 16.0 Å². The van der Waals surface area contributed by atoms with E-state index in [1.54, 1.807) is 25.7 Å². The molecule has 2 unspecified atom stereocenters. The highest BCUT2D eigenvalue weighted by molar-refractivity contribution is 6.11. The van der Waals surface area contributed by atoms with E-state index < -0.39 is 76.4 Å². The van der Waals surface area contributed by atoms with Gasteiger partial charge in [0.25, 0.3) is 6.43 Å². The Hall–Kier alpha value is -5.66. The Bertz CT molecular complexity index is 2110. The SMILES string of the molecule is CC(C)(C)OC(=O)NC1(C(O)C(F)F)CCCN(c2cnc(-c3ccc(F)c(F)c3F)cc2Cn2cnc3c(N(C(=O)O)C(=O)OC(C)(C)C)ncnc32)C1. The predicted molar refractivity (Wildman–Crippen MR) is 186 cm³/mol. The molecule has 3 N–H and O–H groups in total. The molecule has 1 saturated heterocycles. The van der Waals surface area contributed by atoms with Crippen LogP contribution in [0.4, 0.5) is 47.8 Å². The number of alkyl carbamates (subject to hydrolysis) is 1. The third kappa shape index (κ3) is 8.84. The highest BCUT2D eigenvalue weighted by atomic mass is 19.3. The number of fused-ring (bicyclic) bond motifs is 1. The summed E-state index contributed by atoms with van der Waals surface area (Å²) in [5.74, 6) is -5.12. The predicted octanol–water partition coefficient (Wildman–Crippen LogP) is 6.26. The summed E-state index contributed by atoms with van der Waals surface area (Å²) >= 11 is 0. The van der Waals surface area contributed by atoms with Crippen LogP contribution in [0.2, 0.25) is 0 Å². The number of rotatable bonds is 8. The first kappa shape index (κ1) is 40.5. The number of nitrogens with zero attached hydrogens (tertiary/aromatic N) is 7. The van der Waals surface area contributed by atoms with Crippen molar-refractivity contribution in [2.24, 2.45) is 0 Å². The number of aliphatic hydroxyl groups is 1. The molecule has 296 valence electrons. The van der Waals surface area contributed by atoms with Gasteiger partial charge in [-0.1, -0.05) is 0 Å². The number of pyridine rings is 1. The van der Waals surface area contributed by atoms with Crippen LogP contribution in [0.15, 0.2) is 37.1 Å². The van der Waals surface area contributed by atoms with Gasteiger partial charge in [-0.25, -0.2) is 51.3 Å². The number of benzene rings is 1. The Balaban J connectivity index is 1.62. The smallest absolute Gasteiger partial charge is 0.425 e. The summed E-state index contributed by atoms with van der Waals surface area (Å²) in [7, 11) is 0. The highest BCUT2D eigenvalue weighted by Crippen LogP contribution is 2.36. The molecule has 20 heteroatoms. The Kier molecular flexibility index (Phi) is 11.2. The van der Waals surface area contributed by atoms with Crippen LogP contribution in [0.1, 0.15) is 59.9 Å². The number of hydrogen-bond donors (Lipinski definition) is 3. The van der Waals surface area contributed by atoms with Gasteiger partial charge in [0.05, 0.1) is 36.0 Å². The molecule has 55 heavy (non-hydrogen) atoms. The van der Waals surface area contributed by atoms with E-state index in [1.165, 1.54) is 43.9 Å². The normalized spacial score (nSPS) is 16.9. The molecule has 1 aliphatic rings. The second-order valence-electron chi connectivity index (χ2n) is 14.8. The van der Waals surface area contributed by atoms with Gasteiger partial charge in [0, 0.05) is 18.7 Å². The molecule has 4 aromatic rings. The molecule has 5 rings (SSSR count). The molecule has 3 aromatic heterocycles. The maximum Gasteiger partial charge on any atom is 0.425 e. The summed E-state index contributed by atoms with van der Waals surface area (Å²) in [4.78, 5) is 56.6. The molecule has 0 spiro atoms. The first-order valence-electron chi connectivity index (χ1n) is 16.9. The molecular weight excluding hydrogens is 739 g/mol. The molecule has 1 aromatic carbocycles. The van der Waals surface area contributed by atoms with Crippen LogP contribution >= 0.6 is 0 Å². The number of carboxylic acid groups (broad SMARTS) is 1. The minimum atomic E-state index is -3.27. The monoisotopic (exact) mass is 778 g/mol. The molecule has 15 nitrogen and oxygen atoms in total. The van der Waals surface area contributed by atoms with E-state index in [-0.39, 0.29) is 65.5 Å². The van der Waals surface area contributed by atoms with Crippen molar-refractivity contribution in [3.8, 4) is 11.3 Å². The quantitative estimate of drug-likeness (QED) is 0.135. The van der Waals surface area contributed by atoms with Gasteiger partial charge >= 0.3 is 18.3 Å². The number of halogens is 5. The van der Waals surface area contributed by atoms with Crippen LogP contribution in [0, 0.1) is 17.5 Å². The number of aliphatic hydroxyl groups excluding tert-OH is 1. The number of anilines is 2. The number of carbonyl (C=O) groups excluding carboxylic acids is 2. The van der Waals surface area contributed by atoms with E-state index in [4.69, 9.17) is 9.47 Å². The summed E-state index contributed by atoms with van der Waals surface area (Å²) in [5.41, 5.74) is -4.19. The van der Waals surface area contributed by atoms with Crippen molar-refractivity contribution in [2.75, 3.05) is 22.9 Å². The van der Waals surface area contributed by atoms with E-state index in [1.807, 2.05) is 0 Å². The Morgan fingerprint density at radius 1 is 1.00 bits per heavy atom. The number of nitrogens with one attached hydrogen (secondary N) is 1. The molecule has 0 aliphatic carbocycles. The number of imide groups is 1. The van der Waals surface area contributed by atoms with Gasteiger partial charge < -0.3 is 34.5 Å². The molecule has 4 heterocycles. The zero-order chi connectivity index (χ0) is 40.6. The highest BCUT2D eigenvalue weighted by Gasteiger charge is 2.48. The minimum absolute atomic E-state index is 0.0100. The van der Waals surface area contributed by atoms with Gasteiger partial charge in [0.1, 0.15) is 23.6 Å². The van der Waals surface area contributed by atoms with Crippen molar-refractivity contribution in [3.63, 3.8) is 0 Å². The first-order valence-corrected chi connectivity index (χ1v) is 16.9. The van der Waals surface area contributed by atoms with Gasteiger partial charge in [0.2, 0.25) is 0 Å². The van der Waals surface area contributed by atoms with E-state index in [0.29, 0.717) is 0 Å². The minimum Gasteiger partial charge on any atom is -0.464 e. The topological polar surface area (TPSA) is 185 Å². The standard InChI is InChI=1S/C35H39F5N8O7/c1-33(2,3)54-30(50)45-35(26(49)27(39)40)10-7-11-46(15-35)22-13-41-21(19-8-9-20(36)24(38)23(19)37)12-18(22)14-47-17-44-25-28(47)42-16-43-29(25)48(31(51)52)32(53)55-34(4,5)6/h8-9,12-13,16-17,26-27,49H,7,10-11,14-15H2,1-6H3,(H,45,50)(H,51,52). The zero-order valence-electron chi connectivity index (χ0n) is 30.6. The molecule has 3 amide bonds. The maximum atomic E-state index is 15.0. The fraction of sp³-hybridized carbons (Fsp3) is 0.457. The fourth-order valence-electron chi connectivity index (χ4n) is 6.12. The third-order valence-electron chi connectivity index (χ3n) is 8.40. The largest absolute Gasteiger partial charge is 0.464 e. The lowest BCUT2D eigenvalue weighted by Gasteiger charge is -2.46. The summed E-state index contributed by atoms with van der Waals surface area (Å²) in [5, 5.41) is 23.2. The fourth-order valence-corrected chi connectivity index (χ4v) is 6.12. The number of imidazole rings is 1. The molecule has 1 aliphatic heterocycles. The zero-order valence-corrected chi connectivity index (χ0v) is 30.6. The van der Waals surface area contributed by atoms with E-state index in [9.17, 15) is 42.2 Å². The van der Waals surface area contributed by atoms with Crippen LogP contribution in [-0.4, -0.2) is 95.4 Å². The number of amides is 3. The van der Waals surface area contributed by atoms with Gasteiger partial charge in [0.15, 0.2) is 34.4 Å². The van der Waals surface area contributed by atoms with Gasteiger partial charge in [-0.3, -0.25) is 4.98 Å². The van der Waals surface area contributed by atoms with Gasteiger partial charge in [-0.2, -0.15) is 4.90 Å². The van der Waals surface area contributed by atoms with Crippen LogP contribution in [0.5, 0.6) is 0 Å². The number of aromatic nitrogens is 5. The van der Waals surface area contributed by atoms with Gasteiger partial charge in [-0.15, -0.1) is 0 Å². The van der Waals surface area contributed by atoms with Crippen molar-refractivity contribution in [1.29, 1.82) is 0 Å². The number of piperidine rings is 1. The van der Waals surface area contributed by atoms with Crippen molar-refractivity contribution in [2.45, 2.75) is 90.2 Å². The summed E-state index contributed by atoms with van der Waals surface area (Å²) in [6.45, 7) is 8.94. The lowest BCUT2D eigenvalue weighted by molar-refractivity contribution is -0.0664. The molecule has 0 radical (unpaired) electrons. The van der Waals surface area contributed by atoms with Crippen LogP contribution in [0.3, 0.4) is 0 Å². The van der Waals surface area contributed by atoms with Crippen LogP contribution in [0.25, 0.3) is 22.4 Å². The summed E-state index contributed by atoms with van der Waals surface area (Å²) < 4.78 is 83.6. The molecule has 0 bridgehead atoms. The van der Waals surface area contributed by atoms with E-state index >= 15 is 4.39 Å². The van der Waals surface area contributed by atoms with Crippen LogP contribution < -0.4 is 15.1 Å². The number of alkyl halides is 2. The summed E-state index contributed by atoms with van der Waals surface area (Å²) in [6.07, 6.45) is -6.06. The molecule has 0 saturated carbocycles. The third-order valence-corrected chi connectivity index (χ3v) is 8.40. The molecule has 1 fully saturated rings. The first-order chi connectivity index (χ1) is 25.6. The van der Waals surface area contributed by atoms with E-state index in [2.05, 4.69) is 25.3 Å². The lowest BCUT2D eigenvalue weighted by atomic mass is 9.83. The Labute approximate surface area is 311 Å². The van der Waals surface area contributed by atoms with Crippen molar-refractivity contribution >= 4 is 40.9 Å². The Morgan fingerprint density at radius 3 is 2.33 bits per heavy atom. The van der Waals surface area contributed by atoms with Gasteiger partial charge in [-0.05, 0) is 78.1 Å². The Morgan fingerprint density at radius 2 is 1.69 bits per heavy atom. The van der Waals surface area contributed by atoms with Crippen molar-refractivity contribution in [1.82, 2.24) is 29.8 Å². The molecule has 2 atom stereocenters. The number of ether oxygens (including phenoxy) is 2. The average Bonchev–Trinajstić information content (AvgIpc) is 3.48. The number of carbonyl (C=O) groups is 3.